The predicted molar refractivity (Wildman–Crippen MR) is 141 cm³/mol. The predicted octanol–water partition coefficient (Wildman–Crippen LogP) is 8.55. The van der Waals surface area contributed by atoms with Crippen LogP contribution in [0.4, 0.5) is 4.39 Å². The van der Waals surface area contributed by atoms with Crippen LogP contribution in [0.5, 0.6) is 0 Å². The van der Waals surface area contributed by atoms with Crippen molar-refractivity contribution in [2.75, 3.05) is 0 Å². The molecule has 1 aliphatic carbocycles. The van der Waals surface area contributed by atoms with Crippen molar-refractivity contribution in [3.63, 3.8) is 0 Å². The van der Waals surface area contributed by atoms with Crippen LogP contribution in [0.2, 0.25) is 0 Å². The van der Waals surface area contributed by atoms with Gasteiger partial charge in [0, 0.05) is 22.4 Å². The largest absolute Gasteiger partial charge is 0.454 e. The number of hydrogen-bond acceptors (Lipinski definition) is 1. The zero-order valence-electron chi connectivity index (χ0n) is 20.7. The standard InChI is InChI=1S/C32H31FNO/c1-20-12-17-27-26-11-7-10-25(24-15-13-23(14-16-24)22-8-5-4-6-9-22)31(26)35-32(27)30(20)29-18-21(2)28(33)19-34(29)3/h7,10-19,22H,4-6,8-9H2,1-3H3/q+1. The topological polar surface area (TPSA) is 17.0 Å². The summed E-state index contributed by atoms with van der Waals surface area (Å²) < 4.78 is 22.7. The Balaban J connectivity index is 1.51. The minimum absolute atomic E-state index is 0.204. The van der Waals surface area contributed by atoms with Gasteiger partial charge in [0.25, 0.3) is 0 Å². The zero-order chi connectivity index (χ0) is 24.1. The molecule has 0 aliphatic heterocycles. The number of para-hydroxylation sites is 1. The Morgan fingerprint density at radius 3 is 2.34 bits per heavy atom. The van der Waals surface area contributed by atoms with Gasteiger partial charge in [0.2, 0.25) is 11.9 Å². The first-order valence-corrected chi connectivity index (χ1v) is 12.7. The lowest BCUT2D eigenvalue weighted by Crippen LogP contribution is -2.31. The number of benzene rings is 3. The minimum Gasteiger partial charge on any atom is -0.454 e. The molecule has 0 amide bonds. The number of furan rings is 1. The van der Waals surface area contributed by atoms with E-state index in [2.05, 4.69) is 61.5 Å². The van der Waals surface area contributed by atoms with Crippen LogP contribution in [0.1, 0.15) is 54.7 Å². The molecule has 0 atom stereocenters. The Morgan fingerprint density at radius 1 is 0.829 bits per heavy atom. The fourth-order valence-corrected chi connectivity index (χ4v) is 5.84. The van der Waals surface area contributed by atoms with E-state index >= 15 is 0 Å². The minimum atomic E-state index is -0.204. The highest BCUT2D eigenvalue weighted by atomic mass is 19.1. The summed E-state index contributed by atoms with van der Waals surface area (Å²) in [6, 6.07) is 21.7. The molecule has 0 spiro atoms. The van der Waals surface area contributed by atoms with Crippen molar-refractivity contribution >= 4 is 21.9 Å². The molecule has 35 heavy (non-hydrogen) atoms. The number of aromatic nitrogens is 1. The molecule has 0 radical (unpaired) electrons. The maximum Gasteiger partial charge on any atom is 0.216 e. The van der Waals surface area contributed by atoms with Crippen LogP contribution in [0, 0.1) is 19.7 Å². The highest BCUT2D eigenvalue weighted by molar-refractivity contribution is 6.13. The molecule has 0 bridgehead atoms. The summed E-state index contributed by atoms with van der Waals surface area (Å²) in [4.78, 5) is 0. The van der Waals surface area contributed by atoms with Gasteiger partial charge in [-0.3, -0.25) is 0 Å². The van der Waals surface area contributed by atoms with Crippen LogP contribution in [0.25, 0.3) is 44.3 Å². The zero-order valence-corrected chi connectivity index (χ0v) is 20.7. The van der Waals surface area contributed by atoms with Crippen molar-refractivity contribution in [3.8, 4) is 22.4 Å². The second-order valence-corrected chi connectivity index (χ2v) is 10.2. The van der Waals surface area contributed by atoms with Crippen LogP contribution in [0.15, 0.2) is 71.3 Å². The van der Waals surface area contributed by atoms with Crippen LogP contribution in [-0.4, -0.2) is 0 Å². The van der Waals surface area contributed by atoms with E-state index in [1.54, 1.807) is 6.20 Å². The first kappa shape index (κ1) is 22.0. The number of aryl methyl sites for hydroxylation is 3. The SMILES string of the molecule is Cc1cc(-c2c(C)ccc3c2oc2c(-c4ccc(C5CCCCC5)cc4)cccc23)[n+](C)cc1F. The first-order valence-electron chi connectivity index (χ1n) is 12.7. The molecule has 2 heterocycles. The molecular weight excluding hydrogens is 433 g/mol. The van der Waals surface area contributed by atoms with Gasteiger partial charge >= 0.3 is 0 Å². The number of rotatable bonds is 3. The molecule has 1 aliphatic rings. The lowest BCUT2D eigenvalue weighted by molar-refractivity contribution is -0.662. The third-order valence-electron chi connectivity index (χ3n) is 7.85. The quantitative estimate of drug-likeness (QED) is 0.244. The normalized spacial score (nSPS) is 14.7. The maximum absolute atomic E-state index is 14.2. The van der Waals surface area contributed by atoms with Crippen LogP contribution < -0.4 is 4.57 Å². The van der Waals surface area contributed by atoms with Crippen LogP contribution in [0.3, 0.4) is 0 Å². The highest BCUT2D eigenvalue weighted by Gasteiger charge is 2.23. The average molecular weight is 465 g/mol. The van der Waals surface area contributed by atoms with Gasteiger partial charge in [0.1, 0.15) is 18.2 Å². The van der Waals surface area contributed by atoms with Gasteiger partial charge < -0.3 is 4.42 Å². The van der Waals surface area contributed by atoms with Crippen molar-refractivity contribution in [3.05, 3.63) is 89.4 Å². The molecule has 176 valence electrons. The summed E-state index contributed by atoms with van der Waals surface area (Å²) in [6.07, 6.45) is 8.22. The Labute approximate surface area is 206 Å². The molecular formula is C32H31FNO+. The van der Waals surface area contributed by atoms with Gasteiger partial charge in [-0.05, 0) is 54.9 Å². The van der Waals surface area contributed by atoms with Crippen LogP contribution in [-0.2, 0) is 7.05 Å². The Bertz CT molecular complexity index is 1560. The molecule has 0 N–H and O–H groups in total. The third kappa shape index (κ3) is 3.74. The Kier molecular flexibility index (Phi) is 5.44. The van der Waals surface area contributed by atoms with Gasteiger partial charge in [-0.25, -0.2) is 4.39 Å². The van der Waals surface area contributed by atoms with Crippen molar-refractivity contribution in [1.82, 2.24) is 0 Å². The summed E-state index contributed by atoms with van der Waals surface area (Å²) in [5.74, 6) is 0.495. The molecule has 6 rings (SSSR count). The highest BCUT2D eigenvalue weighted by Crippen LogP contribution is 2.41. The van der Waals surface area contributed by atoms with Gasteiger partial charge in [0.05, 0.1) is 5.56 Å². The lowest BCUT2D eigenvalue weighted by atomic mass is 9.83. The van der Waals surface area contributed by atoms with E-state index in [0.29, 0.717) is 11.5 Å². The van der Waals surface area contributed by atoms with Crippen LogP contribution >= 0.6 is 0 Å². The molecule has 3 aromatic carbocycles. The number of fused-ring (bicyclic) bond motifs is 3. The molecule has 0 saturated heterocycles. The van der Waals surface area contributed by atoms with Crippen molar-refractivity contribution in [2.45, 2.75) is 51.9 Å². The fraction of sp³-hybridized carbons (Fsp3) is 0.281. The van der Waals surface area contributed by atoms with Crippen molar-refractivity contribution < 1.29 is 13.4 Å². The van der Waals surface area contributed by atoms with E-state index in [1.807, 2.05) is 24.6 Å². The number of halogens is 1. The van der Waals surface area contributed by atoms with Gasteiger partial charge in [-0.2, -0.15) is 4.57 Å². The smallest absolute Gasteiger partial charge is 0.216 e. The van der Waals surface area contributed by atoms with E-state index in [9.17, 15) is 4.39 Å². The summed E-state index contributed by atoms with van der Waals surface area (Å²) >= 11 is 0. The van der Waals surface area contributed by atoms with Gasteiger partial charge in [-0.1, -0.05) is 73.9 Å². The second kappa shape index (κ2) is 8.64. The Morgan fingerprint density at radius 2 is 1.57 bits per heavy atom. The molecule has 2 nitrogen and oxygen atoms in total. The van der Waals surface area contributed by atoms with E-state index < -0.39 is 0 Å². The Hall–Kier alpha value is -3.46. The third-order valence-corrected chi connectivity index (χ3v) is 7.85. The molecule has 5 aromatic rings. The second-order valence-electron chi connectivity index (χ2n) is 10.2. The molecule has 3 heteroatoms. The lowest BCUT2D eigenvalue weighted by Gasteiger charge is -2.22. The number of pyridine rings is 1. The summed E-state index contributed by atoms with van der Waals surface area (Å²) in [7, 11) is 1.89. The molecule has 2 aromatic heterocycles. The maximum atomic E-state index is 14.2. The fourth-order valence-electron chi connectivity index (χ4n) is 5.84. The monoisotopic (exact) mass is 464 g/mol. The first-order chi connectivity index (χ1) is 17.0. The summed E-state index contributed by atoms with van der Waals surface area (Å²) in [5, 5.41) is 2.19. The van der Waals surface area contributed by atoms with Gasteiger partial charge in [-0.15, -0.1) is 0 Å². The van der Waals surface area contributed by atoms with Crippen molar-refractivity contribution in [1.29, 1.82) is 0 Å². The van der Waals surface area contributed by atoms with Crippen molar-refractivity contribution in [2.24, 2.45) is 7.05 Å². The van der Waals surface area contributed by atoms with E-state index in [0.717, 1.165) is 44.3 Å². The average Bonchev–Trinajstić information content (AvgIpc) is 3.26. The summed E-state index contributed by atoms with van der Waals surface area (Å²) in [5.41, 5.74) is 9.21. The summed E-state index contributed by atoms with van der Waals surface area (Å²) in [6.45, 7) is 3.90. The number of hydrogen-bond donors (Lipinski definition) is 0. The molecule has 1 saturated carbocycles. The van der Waals surface area contributed by atoms with E-state index in [-0.39, 0.29) is 5.82 Å². The number of nitrogens with zero attached hydrogens (tertiary/aromatic N) is 1. The molecule has 0 unspecified atom stereocenters. The van der Waals surface area contributed by atoms with E-state index in [1.165, 1.54) is 43.2 Å². The van der Waals surface area contributed by atoms with Gasteiger partial charge in [0.15, 0.2) is 5.82 Å². The molecule has 1 fully saturated rings. The van der Waals surface area contributed by atoms with E-state index in [4.69, 9.17) is 4.42 Å².